The minimum absolute atomic E-state index is 0.136. The summed E-state index contributed by atoms with van der Waals surface area (Å²) in [6.45, 7) is 30.6. The molecule has 0 radical (unpaired) electrons. The quantitative estimate of drug-likeness (QED) is 0.488. The van der Waals surface area contributed by atoms with Crippen LogP contribution in [-0.2, 0) is 10.8 Å². The monoisotopic (exact) mass is 390 g/mol. The fourth-order valence-corrected chi connectivity index (χ4v) is 4.74. The lowest BCUT2D eigenvalue weighted by molar-refractivity contribution is 0.589. The highest BCUT2D eigenvalue weighted by atomic mass is 14.2. The molecular weight excluding hydrogens is 347 g/mol. The van der Waals surface area contributed by atoms with Gasteiger partial charge in [-0.25, -0.2) is 0 Å². The maximum atomic E-state index is 2.43. The molecule has 0 saturated heterocycles. The Morgan fingerprint density at radius 3 is 0.897 bits per heavy atom. The van der Waals surface area contributed by atoms with E-state index in [4.69, 9.17) is 0 Å². The maximum Gasteiger partial charge on any atom is 0.216 e. The van der Waals surface area contributed by atoms with Crippen molar-refractivity contribution in [1.82, 2.24) is 0 Å². The van der Waals surface area contributed by atoms with Crippen LogP contribution >= 0.6 is 0 Å². The van der Waals surface area contributed by atoms with Gasteiger partial charge in [-0.2, -0.15) is 0 Å². The molecule has 0 N–H and O–H groups in total. The second-order valence-electron chi connectivity index (χ2n) is 12.3. The van der Waals surface area contributed by atoms with Gasteiger partial charge in [-0.1, -0.05) is 125 Å². The zero-order chi connectivity index (χ0) is 22.5. The van der Waals surface area contributed by atoms with Crippen LogP contribution in [0.2, 0.25) is 5.31 Å². The van der Waals surface area contributed by atoms with Gasteiger partial charge in [0.2, 0.25) is 6.71 Å². The van der Waals surface area contributed by atoms with Gasteiger partial charge in [0, 0.05) is 0 Å². The van der Waals surface area contributed by atoms with Gasteiger partial charge in [0.15, 0.2) is 0 Å². The van der Waals surface area contributed by atoms with Crippen molar-refractivity contribution in [3.8, 4) is 0 Å². The molecule has 0 heterocycles. The van der Waals surface area contributed by atoms with E-state index in [1.807, 2.05) is 0 Å². The molecule has 29 heavy (non-hydrogen) atoms. The van der Waals surface area contributed by atoms with Gasteiger partial charge in [-0.15, -0.1) is 0 Å². The molecule has 0 atom stereocenters. The number of hydrogen-bond donors (Lipinski definition) is 0. The minimum atomic E-state index is 0.136. The molecular formula is C28H43B. The van der Waals surface area contributed by atoms with E-state index in [0.717, 1.165) is 0 Å². The highest BCUT2D eigenvalue weighted by molar-refractivity contribution is 6.88. The highest BCUT2D eigenvalue weighted by Crippen LogP contribution is 2.32. The van der Waals surface area contributed by atoms with Crippen molar-refractivity contribution in [2.45, 2.75) is 106 Å². The summed E-state index contributed by atoms with van der Waals surface area (Å²) < 4.78 is 0. The molecule has 0 bridgehead atoms. The van der Waals surface area contributed by atoms with Crippen LogP contribution in [0.5, 0.6) is 0 Å². The Bertz CT molecular complexity index is 780. The SMILES string of the molecule is Cc1cc(C(C)(C)C)cc(C)c1B(c1c(C)cc(C(C)(C)C)cc1C)C(C)(C)C. The van der Waals surface area contributed by atoms with Crippen molar-refractivity contribution in [2.24, 2.45) is 0 Å². The normalized spacial score (nSPS) is 13.0. The summed E-state index contributed by atoms with van der Waals surface area (Å²) in [6.07, 6.45) is 0. The first-order chi connectivity index (χ1) is 12.9. The zero-order valence-electron chi connectivity index (χ0n) is 21.4. The molecule has 2 aromatic rings. The molecule has 0 aliphatic carbocycles. The van der Waals surface area contributed by atoms with Crippen LogP contribution in [0.15, 0.2) is 24.3 Å². The Labute approximate surface area is 181 Å². The van der Waals surface area contributed by atoms with Gasteiger partial charge in [-0.3, -0.25) is 0 Å². The second-order valence-corrected chi connectivity index (χ2v) is 12.3. The van der Waals surface area contributed by atoms with Crippen LogP contribution in [-0.4, -0.2) is 6.71 Å². The summed E-state index contributed by atoms with van der Waals surface area (Å²) in [4.78, 5) is 0. The maximum absolute atomic E-state index is 2.43. The summed E-state index contributed by atoms with van der Waals surface area (Å²) in [7, 11) is 0. The molecule has 0 saturated carbocycles. The van der Waals surface area contributed by atoms with Crippen LogP contribution in [0, 0.1) is 27.7 Å². The van der Waals surface area contributed by atoms with Gasteiger partial charge in [0.05, 0.1) is 0 Å². The summed E-state index contributed by atoms with van der Waals surface area (Å²) in [5.74, 6) is 0. The van der Waals surface area contributed by atoms with Gasteiger partial charge in [-0.05, 0) is 49.7 Å². The topological polar surface area (TPSA) is 0 Å². The Kier molecular flexibility index (Phi) is 6.27. The number of benzene rings is 2. The van der Waals surface area contributed by atoms with Crippen molar-refractivity contribution in [1.29, 1.82) is 0 Å². The van der Waals surface area contributed by atoms with E-state index in [9.17, 15) is 0 Å². The fraction of sp³-hybridized carbons (Fsp3) is 0.571. The molecule has 2 aromatic carbocycles. The predicted octanol–water partition coefficient (Wildman–Crippen LogP) is 6.92. The van der Waals surface area contributed by atoms with E-state index >= 15 is 0 Å². The molecule has 1 heteroatoms. The fourth-order valence-electron chi connectivity index (χ4n) is 4.74. The van der Waals surface area contributed by atoms with Crippen LogP contribution < -0.4 is 10.9 Å². The molecule has 0 aliphatic heterocycles. The number of hydrogen-bond acceptors (Lipinski definition) is 0. The third kappa shape index (κ3) is 4.98. The summed E-state index contributed by atoms with van der Waals surface area (Å²) in [5.41, 5.74) is 11.9. The molecule has 0 unspecified atom stereocenters. The van der Waals surface area contributed by atoms with Crippen molar-refractivity contribution in [3.63, 3.8) is 0 Å². The molecule has 2 rings (SSSR count). The van der Waals surface area contributed by atoms with Gasteiger partial charge >= 0.3 is 0 Å². The van der Waals surface area contributed by atoms with E-state index in [1.165, 1.54) is 44.3 Å². The van der Waals surface area contributed by atoms with E-state index in [2.05, 4.69) is 114 Å². The number of aryl methyl sites for hydroxylation is 4. The van der Waals surface area contributed by atoms with Crippen molar-refractivity contribution in [2.75, 3.05) is 0 Å². The van der Waals surface area contributed by atoms with Gasteiger partial charge in [0.25, 0.3) is 0 Å². The van der Waals surface area contributed by atoms with Gasteiger partial charge in [0.1, 0.15) is 0 Å². The summed E-state index contributed by atoms with van der Waals surface area (Å²) >= 11 is 0. The van der Waals surface area contributed by atoms with E-state index in [1.54, 1.807) is 0 Å². The van der Waals surface area contributed by atoms with E-state index in [-0.39, 0.29) is 16.1 Å². The molecule has 0 amide bonds. The zero-order valence-corrected chi connectivity index (χ0v) is 21.4. The Morgan fingerprint density at radius 2 is 0.724 bits per heavy atom. The first kappa shape index (κ1) is 23.8. The van der Waals surface area contributed by atoms with Crippen LogP contribution in [0.3, 0.4) is 0 Å². The first-order valence-electron chi connectivity index (χ1n) is 11.2. The highest BCUT2D eigenvalue weighted by Gasteiger charge is 2.37. The Balaban J connectivity index is 2.80. The standard InChI is InChI=1S/C28H43B/c1-18-14-22(26(5,6)7)15-19(2)24(18)29(28(11,12)13)25-20(3)16-23(17-21(25)4)27(8,9)10/h14-17H,1-13H3. The smallest absolute Gasteiger partial charge is 0.0679 e. The van der Waals surface area contributed by atoms with E-state index < -0.39 is 0 Å². The second kappa shape index (κ2) is 7.64. The van der Waals surface area contributed by atoms with Gasteiger partial charge < -0.3 is 0 Å². The largest absolute Gasteiger partial charge is 0.216 e. The van der Waals surface area contributed by atoms with E-state index in [0.29, 0.717) is 6.71 Å². The Hall–Kier alpha value is -1.50. The lowest BCUT2D eigenvalue weighted by atomic mass is 9.26. The molecule has 0 spiro atoms. The summed E-state index contributed by atoms with van der Waals surface area (Å²) in [5, 5.41) is 0.136. The average Bonchev–Trinajstić information content (AvgIpc) is 2.48. The molecule has 158 valence electrons. The van der Waals surface area contributed by atoms with Crippen molar-refractivity contribution in [3.05, 3.63) is 57.6 Å². The average molecular weight is 390 g/mol. The number of rotatable bonds is 2. The first-order valence-corrected chi connectivity index (χ1v) is 11.2. The van der Waals surface area contributed by atoms with Crippen LogP contribution in [0.4, 0.5) is 0 Å². The molecule has 0 aliphatic rings. The lowest BCUT2D eigenvalue weighted by Gasteiger charge is -2.35. The third-order valence-corrected chi connectivity index (χ3v) is 6.36. The minimum Gasteiger partial charge on any atom is -0.0679 e. The van der Waals surface area contributed by atoms with Crippen molar-refractivity contribution >= 4 is 17.6 Å². The van der Waals surface area contributed by atoms with Crippen molar-refractivity contribution < 1.29 is 0 Å². The Morgan fingerprint density at radius 1 is 0.483 bits per heavy atom. The van der Waals surface area contributed by atoms with Crippen LogP contribution in [0.1, 0.15) is 95.7 Å². The molecule has 0 nitrogen and oxygen atoms in total. The molecule has 0 aromatic heterocycles. The molecule has 0 fully saturated rings. The summed E-state index contributed by atoms with van der Waals surface area (Å²) in [6, 6.07) is 9.70. The lowest BCUT2D eigenvalue weighted by Crippen LogP contribution is -2.53. The third-order valence-electron chi connectivity index (χ3n) is 6.36. The van der Waals surface area contributed by atoms with Crippen LogP contribution in [0.25, 0.3) is 0 Å². The predicted molar refractivity (Wildman–Crippen MR) is 134 cm³/mol.